The van der Waals surface area contributed by atoms with E-state index in [1.807, 2.05) is 13.8 Å². The highest BCUT2D eigenvalue weighted by Crippen LogP contribution is 2.30. The Kier molecular flexibility index (Phi) is 3.94. The van der Waals surface area contributed by atoms with Crippen LogP contribution in [0.4, 0.5) is 5.69 Å². The molecule has 1 saturated heterocycles. The Balaban J connectivity index is 1.78. The first kappa shape index (κ1) is 15.3. The van der Waals surface area contributed by atoms with Gasteiger partial charge < -0.3 is 15.2 Å². The first-order valence-electron chi connectivity index (χ1n) is 7.81. The lowest BCUT2D eigenvalue weighted by atomic mass is 10.0. The van der Waals surface area contributed by atoms with E-state index in [2.05, 4.69) is 29.4 Å². The average molecular weight is 311 g/mol. The smallest absolute Gasteiger partial charge is 0.268 e. The summed E-state index contributed by atoms with van der Waals surface area (Å²) in [5.41, 5.74) is 4.81. The number of carbonyl (C=O) groups is 2. The molecule has 0 radical (unpaired) electrons. The van der Waals surface area contributed by atoms with E-state index in [1.165, 1.54) is 5.56 Å². The first-order valence-corrected chi connectivity index (χ1v) is 7.81. The van der Waals surface area contributed by atoms with E-state index >= 15 is 0 Å². The number of nitrogens with zero attached hydrogens (tertiary/aromatic N) is 1. The van der Waals surface area contributed by atoms with Crippen molar-refractivity contribution in [1.29, 1.82) is 0 Å². The van der Waals surface area contributed by atoms with Gasteiger partial charge in [-0.15, -0.1) is 0 Å². The molecule has 23 heavy (non-hydrogen) atoms. The van der Waals surface area contributed by atoms with Crippen LogP contribution in [0.3, 0.4) is 0 Å². The van der Waals surface area contributed by atoms with Crippen molar-refractivity contribution in [2.75, 3.05) is 11.4 Å². The number of amides is 2. The molecule has 2 heterocycles. The standard InChI is InChI=1S/C18H21N3O2/c1-11-9-12(2)16(13(3)10-11)21-8-6-15(18(21)23)20-17(22)14-5-4-7-19-14/h4-5,7,9-10,15,19H,6,8H2,1-3H3,(H,20,22)/t15-/m0/s1. The number of hydrogen-bond acceptors (Lipinski definition) is 2. The Labute approximate surface area is 135 Å². The maximum atomic E-state index is 12.7. The number of rotatable bonds is 3. The predicted molar refractivity (Wildman–Crippen MR) is 89.7 cm³/mol. The Morgan fingerprint density at radius 2 is 1.96 bits per heavy atom. The molecule has 2 aromatic rings. The monoisotopic (exact) mass is 311 g/mol. The van der Waals surface area contributed by atoms with Crippen LogP contribution in [0.1, 0.15) is 33.6 Å². The largest absolute Gasteiger partial charge is 0.357 e. The number of anilines is 1. The Morgan fingerprint density at radius 3 is 2.57 bits per heavy atom. The molecule has 3 rings (SSSR count). The van der Waals surface area contributed by atoms with Crippen molar-refractivity contribution in [2.24, 2.45) is 0 Å². The zero-order valence-electron chi connectivity index (χ0n) is 13.6. The summed E-state index contributed by atoms with van der Waals surface area (Å²) in [5, 5.41) is 2.82. The van der Waals surface area contributed by atoms with E-state index in [9.17, 15) is 9.59 Å². The minimum absolute atomic E-state index is 0.0417. The molecule has 1 aromatic heterocycles. The van der Waals surface area contributed by atoms with Gasteiger partial charge in [-0.3, -0.25) is 9.59 Å². The van der Waals surface area contributed by atoms with Gasteiger partial charge in [-0.25, -0.2) is 0 Å². The van der Waals surface area contributed by atoms with Crippen LogP contribution in [0.5, 0.6) is 0 Å². The number of aryl methyl sites for hydroxylation is 3. The Morgan fingerprint density at radius 1 is 1.26 bits per heavy atom. The summed E-state index contributed by atoms with van der Waals surface area (Å²) in [6.07, 6.45) is 2.31. The molecule has 2 N–H and O–H groups in total. The van der Waals surface area contributed by atoms with Crippen LogP contribution in [0, 0.1) is 20.8 Å². The van der Waals surface area contributed by atoms with Crippen LogP contribution in [0.15, 0.2) is 30.5 Å². The summed E-state index contributed by atoms with van der Waals surface area (Å²) in [6, 6.07) is 7.16. The molecule has 0 saturated carbocycles. The fraction of sp³-hybridized carbons (Fsp3) is 0.333. The van der Waals surface area contributed by atoms with Crippen LogP contribution in [0.25, 0.3) is 0 Å². The predicted octanol–water partition coefficient (Wildman–Crippen LogP) is 2.48. The molecule has 0 aliphatic carbocycles. The molecule has 1 fully saturated rings. The molecule has 0 spiro atoms. The van der Waals surface area contributed by atoms with Crippen molar-refractivity contribution in [2.45, 2.75) is 33.2 Å². The quantitative estimate of drug-likeness (QED) is 0.914. The number of aromatic amines is 1. The summed E-state index contributed by atoms with van der Waals surface area (Å²) in [5.74, 6) is -0.285. The molecule has 5 heteroatoms. The lowest BCUT2D eigenvalue weighted by Gasteiger charge is -2.22. The van der Waals surface area contributed by atoms with E-state index in [-0.39, 0.29) is 11.8 Å². The second-order valence-corrected chi connectivity index (χ2v) is 6.14. The average Bonchev–Trinajstić information content (AvgIpc) is 3.11. The highest BCUT2D eigenvalue weighted by molar-refractivity contribution is 6.04. The lowest BCUT2D eigenvalue weighted by Crippen LogP contribution is -2.42. The molecular weight excluding hydrogens is 290 g/mol. The van der Waals surface area contributed by atoms with E-state index in [1.54, 1.807) is 23.2 Å². The summed E-state index contributed by atoms with van der Waals surface area (Å²) in [6.45, 7) is 6.72. The van der Waals surface area contributed by atoms with Gasteiger partial charge in [0, 0.05) is 18.4 Å². The van der Waals surface area contributed by atoms with E-state index in [4.69, 9.17) is 0 Å². The summed E-state index contributed by atoms with van der Waals surface area (Å²) in [7, 11) is 0. The number of aromatic nitrogens is 1. The van der Waals surface area contributed by atoms with Crippen molar-refractivity contribution in [1.82, 2.24) is 10.3 Å². The third-order valence-electron chi connectivity index (χ3n) is 4.26. The van der Waals surface area contributed by atoms with Gasteiger partial charge in [0.1, 0.15) is 11.7 Å². The van der Waals surface area contributed by atoms with Crippen molar-refractivity contribution < 1.29 is 9.59 Å². The summed E-state index contributed by atoms with van der Waals surface area (Å²) in [4.78, 5) is 29.5. The van der Waals surface area contributed by atoms with Gasteiger partial charge in [-0.2, -0.15) is 0 Å². The zero-order valence-corrected chi connectivity index (χ0v) is 13.6. The van der Waals surface area contributed by atoms with Crippen LogP contribution >= 0.6 is 0 Å². The molecule has 120 valence electrons. The Hall–Kier alpha value is -2.56. The molecule has 1 aliphatic rings. The maximum absolute atomic E-state index is 12.7. The van der Waals surface area contributed by atoms with E-state index < -0.39 is 6.04 Å². The normalized spacial score (nSPS) is 17.6. The van der Waals surface area contributed by atoms with Gasteiger partial charge in [0.25, 0.3) is 5.91 Å². The number of H-pyrrole nitrogens is 1. The number of carbonyl (C=O) groups excluding carboxylic acids is 2. The first-order chi connectivity index (χ1) is 11.0. The minimum Gasteiger partial charge on any atom is -0.357 e. The number of benzene rings is 1. The second-order valence-electron chi connectivity index (χ2n) is 6.14. The van der Waals surface area contributed by atoms with Gasteiger partial charge in [0.05, 0.1) is 0 Å². The lowest BCUT2D eigenvalue weighted by molar-refractivity contribution is -0.118. The number of nitrogens with one attached hydrogen (secondary N) is 2. The fourth-order valence-corrected chi connectivity index (χ4v) is 3.34. The molecule has 0 bridgehead atoms. The fourth-order valence-electron chi connectivity index (χ4n) is 3.34. The van der Waals surface area contributed by atoms with Crippen LogP contribution in [-0.4, -0.2) is 29.4 Å². The van der Waals surface area contributed by atoms with Gasteiger partial charge in [0.2, 0.25) is 5.91 Å². The SMILES string of the molecule is Cc1cc(C)c(N2CC[C@H](NC(=O)c3ccc[nH]3)C2=O)c(C)c1. The van der Waals surface area contributed by atoms with Gasteiger partial charge in [-0.1, -0.05) is 17.7 Å². The third kappa shape index (κ3) is 2.86. The molecule has 5 nitrogen and oxygen atoms in total. The summed E-state index contributed by atoms with van der Waals surface area (Å²) >= 11 is 0. The van der Waals surface area contributed by atoms with Gasteiger partial charge >= 0.3 is 0 Å². The van der Waals surface area contributed by atoms with Crippen LogP contribution < -0.4 is 10.2 Å². The molecule has 1 aliphatic heterocycles. The van der Waals surface area contributed by atoms with Crippen molar-refractivity contribution in [3.05, 3.63) is 52.8 Å². The third-order valence-corrected chi connectivity index (χ3v) is 4.26. The van der Waals surface area contributed by atoms with Crippen molar-refractivity contribution in [3.63, 3.8) is 0 Å². The number of hydrogen-bond donors (Lipinski definition) is 2. The minimum atomic E-state index is -0.467. The maximum Gasteiger partial charge on any atom is 0.268 e. The highest BCUT2D eigenvalue weighted by Gasteiger charge is 2.35. The van der Waals surface area contributed by atoms with Crippen LogP contribution in [0.2, 0.25) is 0 Å². The molecule has 1 atom stereocenters. The molecular formula is C18H21N3O2. The Bertz CT molecular complexity index is 727. The van der Waals surface area contributed by atoms with E-state index in [0.29, 0.717) is 18.7 Å². The van der Waals surface area contributed by atoms with Gasteiger partial charge in [0.15, 0.2) is 0 Å². The molecule has 2 amide bonds. The van der Waals surface area contributed by atoms with E-state index in [0.717, 1.165) is 16.8 Å². The van der Waals surface area contributed by atoms with Crippen LogP contribution in [-0.2, 0) is 4.79 Å². The second kappa shape index (κ2) is 5.91. The zero-order chi connectivity index (χ0) is 16.6. The topological polar surface area (TPSA) is 65.2 Å². The summed E-state index contributed by atoms with van der Waals surface area (Å²) < 4.78 is 0. The van der Waals surface area contributed by atoms with Gasteiger partial charge in [-0.05, 0) is 50.5 Å². The van der Waals surface area contributed by atoms with Crippen molar-refractivity contribution >= 4 is 17.5 Å². The molecule has 1 aromatic carbocycles. The highest BCUT2D eigenvalue weighted by atomic mass is 16.2. The van der Waals surface area contributed by atoms with Crippen molar-refractivity contribution in [3.8, 4) is 0 Å². The molecule has 0 unspecified atom stereocenters.